The number of carbonyl (C=O) groups is 1. The molecule has 0 aliphatic carbocycles. The van der Waals surface area contributed by atoms with Gasteiger partial charge in [-0.1, -0.05) is 18.2 Å². The number of carbonyl (C=O) groups excluding carboxylic acids is 1. The van der Waals surface area contributed by atoms with Crippen LogP contribution in [0.25, 0.3) is 5.69 Å². The summed E-state index contributed by atoms with van der Waals surface area (Å²) in [4.78, 5) is 10.8. The molecule has 2 rings (SSSR count). The van der Waals surface area contributed by atoms with Crippen molar-refractivity contribution >= 4 is 11.9 Å². The number of methoxy groups -OCH3 is 1. The molecule has 1 heterocycles. The highest BCUT2D eigenvalue weighted by Gasteiger charge is 2.00. The van der Waals surface area contributed by atoms with Crippen molar-refractivity contribution < 1.29 is 9.53 Å². The highest BCUT2D eigenvalue weighted by molar-refractivity contribution is 5.66. The lowest BCUT2D eigenvalue weighted by molar-refractivity contribution is 0.171. The molecule has 0 aliphatic rings. The van der Waals surface area contributed by atoms with Crippen LogP contribution in [0.2, 0.25) is 0 Å². The largest absolute Gasteiger partial charge is 0.453 e. The summed E-state index contributed by atoms with van der Waals surface area (Å²) in [5, 5.41) is 10.1. The van der Waals surface area contributed by atoms with Crippen LogP contribution in [-0.4, -0.2) is 36.1 Å². The van der Waals surface area contributed by atoms with Crippen LogP contribution in [0.15, 0.2) is 42.6 Å². The average molecular weight is 260 g/mol. The van der Waals surface area contributed by atoms with Crippen molar-refractivity contribution in [2.24, 2.45) is 0 Å². The maximum absolute atomic E-state index is 10.8. The standard InChI is InChI=1S/C13H16N4O2/c1-19-13(18)15-9-8-14-12-7-10-17(16-12)11-5-3-2-4-6-11/h2-7,10H,8-9H2,1H3,(H,14,16)(H,15,18). The molecule has 6 heteroatoms. The van der Waals surface area contributed by atoms with Crippen molar-refractivity contribution in [3.05, 3.63) is 42.6 Å². The number of aromatic nitrogens is 2. The first kappa shape index (κ1) is 12.9. The molecule has 0 atom stereocenters. The summed E-state index contributed by atoms with van der Waals surface area (Å²) in [6.45, 7) is 1.06. The molecule has 1 amide bonds. The number of amides is 1. The van der Waals surface area contributed by atoms with Crippen LogP contribution in [0.3, 0.4) is 0 Å². The van der Waals surface area contributed by atoms with Gasteiger partial charge in [-0.25, -0.2) is 9.48 Å². The summed E-state index contributed by atoms with van der Waals surface area (Å²) < 4.78 is 6.25. The minimum Gasteiger partial charge on any atom is -0.453 e. The highest BCUT2D eigenvalue weighted by Crippen LogP contribution is 2.09. The van der Waals surface area contributed by atoms with Gasteiger partial charge in [0, 0.05) is 25.4 Å². The van der Waals surface area contributed by atoms with Gasteiger partial charge in [-0.3, -0.25) is 0 Å². The summed E-state index contributed by atoms with van der Waals surface area (Å²) in [6.07, 6.45) is 1.45. The maximum atomic E-state index is 10.8. The lowest BCUT2D eigenvalue weighted by atomic mass is 10.3. The van der Waals surface area contributed by atoms with Crippen LogP contribution in [0.1, 0.15) is 0 Å². The van der Waals surface area contributed by atoms with Crippen LogP contribution in [0.5, 0.6) is 0 Å². The quantitative estimate of drug-likeness (QED) is 0.802. The first-order valence-corrected chi connectivity index (χ1v) is 5.96. The fourth-order valence-corrected chi connectivity index (χ4v) is 1.57. The van der Waals surface area contributed by atoms with Crippen LogP contribution in [0, 0.1) is 0 Å². The zero-order chi connectivity index (χ0) is 13.5. The van der Waals surface area contributed by atoms with Crippen molar-refractivity contribution in [2.45, 2.75) is 0 Å². The van der Waals surface area contributed by atoms with Crippen molar-refractivity contribution in [1.82, 2.24) is 15.1 Å². The van der Waals surface area contributed by atoms with E-state index in [0.717, 1.165) is 11.5 Å². The van der Waals surface area contributed by atoms with Crippen molar-refractivity contribution in [3.63, 3.8) is 0 Å². The van der Waals surface area contributed by atoms with Crippen LogP contribution in [0.4, 0.5) is 10.6 Å². The smallest absolute Gasteiger partial charge is 0.406 e. The van der Waals surface area contributed by atoms with Crippen LogP contribution < -0.4 is 10.6 Å². The fourth-order valence-electron chi connectivity index (χ4n) is 1.57. The molecule has 6 nitrogen and oxygen atoms in total. The summed E-state index contributed by atoms with van der Waals surface area (Å²) in [5.74, 6) is 0.760. The van der Waals surface area contributed by atoms with Gasteiger partial charge in [0.15, 0.2) is 0 Å². The van der Waals surface area contributed by atoms with Crippen molar-refractivity contribution in [2.75, 3.05) is 25.5 Å². The molecule has 0 unspecified atom stereocenters. The van der Waals surface area contributed by atoms with Gasteiger partial charge in [0.05, 0.1) is 12.8 Å². The second-order valence-electron chi connectivity index (χ2n) is 3.83. The Bertz CT molecular complexity index is 524. The zero-order valence-electron chi connectivity index (χ0n) is 10.7. The predicted molar refractivity (Wildman–Crippen MR) is 72.5 cm³/mol. The van der Waals surface area contributed by atoms with Gasteiger partial charge < -0.3 is 15.4 Å². The van der Waals surface area contributed by atoms with Gasteiger partial charge in [-0.15, -0.1) is 0 Å². The van der Waals surface area contributed by atoms with E-state index in [0.29, 0.717) is 13.1 Å². The number of para-hydroxylation sites is 1. The predicted octanol–water partition coefficient (Wildman–Crippen LogP) is 1.64. The first-order chi connectivity index (χ1) is 9.29. The van der Waals surface area contributed by atoms with Gasteiger partial charge in [0.2, 0.25) is 0 Å². The number of rotatable bonds is 5. The first-order valence-electron chi connectivity index (χ1n) is 5.96. The van der Waals surface area contributed by atoms with E-state index in [1.807, 2.05) is 42.6 Å². The minimum absolute atomic E-state index is 0.434. The second kappa shape index (κ2) is 6.44. The lowest BCUT2D eigenvalue weighted by Crippen LogP contribution is -2.28. The molecule has 0 radical (unpaired) electrons. The molecular weight excluding hydrogens is 244 g/mol. The summed E-state index contributed by atoms with van der Waals surface area (Å²) in [7, 11) is 1.34. The van der Waals surface area contributed by atoms with Gasteiger partial charge in [0.25, 0.3) is 0 Å². The van der Waals surface area contributed by atoms with E-state index < -0.39 is 6.09 Å². The number of hydrogen-bond acceptors (Lipinski definition) is 4. The molecule has 1 aromatic carbocycles. The second-order valence-corrected chi connectivity index (χ2v) is 3.83. The van der Waals surface area contributed by atoms with E-state index in [2.05, 4.69) is 20.5 Å². The zero-order valence-corrected chi connectivity index (χ0v) is 10.7. The Kier molecular flexibility index (Phi) is 4.39. The monoisotopic (exact) mass is 260 g/mol. The van der Waals surface area contributed by atoms with E-state index in [9.17, 15) is 4.79 Å². The molecule has 0 fully saturated rings. The number of anilines is 1. The maximum Gasteiger partial charge on any atom is 0.406 e. The van der Waals surface area contributed by atoms with Crippen LogP contribution >= 0.6 is 0 Å². The Balaban J connectivity index is 1.83. The Morgan fingerprint density at radius 3 is 2.79 bits per heavy atom. The third kappa shape index (κ3) is 3.74. The van der Waals surface area contributed by atoms with Crippen molar-refractivity contribution in [1.29, 1.82) is 0 Å². The third-order valence-electron chi connectivity index (χ3n) is 2.50. The molecule has 0 saturated heterocycles. The number of ether oxygens (including phenoxy) is 1. The van der Waals surface area contributed by atoms with Crippen molar-refractivity contribution in [3.8, 4) is 5.69 Å². The number of hydrogen-bond donors (Lipinski definition) is 2. The minimum atomic E-state index is -0.434. The Morgan fingerprint density at radius 2 is 2.05 bits per heavy atom. The van der Waals surface area contributed by atoms with E-state index in [1.54, 1.807) is 4.68 Å². The summed E-state index contributed by atoms with van der Waals surface area (Å²) >= 11 is 0. The van der Waals surface area contributed by atoms with Gasteiger partial charge in [-0.2, -0.15) is 5.10 Å². The average Bonchev–Trinajstić information content (AvgIpc) is 2.93. The molecule has 0 saturated carbocycles. The molecule has 0 bridgehead atoms. The number of nitrogens with one attached hydrogen (secondary N) is 2. The van der Waals surface area contributed by atoms with Gasteiger partial charge in [-0.05, 0) is 12.1 Å². The Morgan fingerprint density at radius 1 is 1.26 bits per heavy atom. The SMILES string of the molecule is COC(=O)NCCNc1ccn(-c2ccccc2)n1. The normalized spacial score (nSPS) is 9.95. The molecule has 19 heavy (non-hydrogen) atoms. The number of benzene rings is 1. The highest BCUT2D eigenvalue weighted by atomic mass is 16.5. The molecule has 2 N–H and O–H groups in total. The number of alkyl carbamates (subject to hydrolysis) is 1. The van der Waals surface area contributed by atoms with E-state index in [1.165, 1.54) is 7.11 Å². The molecule has 0 spiro atoms. The number of nitrogens with zero attached hydrogens (tertiary/aromatic N) is 2. The van der Waals surface area contributed by atoms with Gasteiger partial charge in [0.1, 0.15) is 5.82 Å². The molecule has 2 aromatic rings. The van der Waals surface area contributed by atoms with E-state index >= 15 is 0 Å². The fraction of sp³-hybridized carbons (Fsp3) is 0.231. The lowest BCUT2D eigenvalue weighted by Gasteiger charge is -2.04. The summed E-state index contributed by atoms with van der Waals surface area (Å²) in [5.41, 5.74) is 1.00. The Labute approximate surface area is 111 Å². The van der Waals surface area contributed by atoms with Crippen LogP contribution in [-0.2, 0) is 4.74 Å². The van der Waals surface area contributed by atoms with Gasteiger partial charge >= 0.3 is 6.09 Å². The third-order valence-corrected chi connectivity index (χ3v) is 2.50. The molecular formula is C13H16N4O2. The molecule has 1 aromatic heterocycles. The molecule has 0 aliphatic heterocycles. The summed E-state index contributed by atoms with van der Waals surface area (Å²) in [6, 6.07) is 11.7. The molecule has 100 valence electrons. The topological polar surface area (TPSA) is 68.2 Å². The Hall–Kier alpha value is -2.50. The van der Waals surface area contributed by atoms with E-state index in [-0.39, 0.29) is 0 Å². The van der Waals surface area contributed by atoms with E-state index in [4.69, 9.17) is 0 Å².